The Hall–Kier alpha value is -2.86. The number of carbonyl (C=O) groups is 3. The van der Waals surface area contributed by atoms with Gasteiger partial charge in [0.15, 0.2) is 0 Å². The van der Waals surface area contributed by atoms with Crippen molar-refractivity contribution in [2.24, 2.45) is 5.92 Å². The molecule has 29 heavy (non-hydrogen) atoms. The Bertz CT molecular complexity index is 974. The van der Waals surface area contributed by atoms with Gasteiger partial charge in [-0.1, -0.05) is 23.7 Å². The first kappa shape index (κ1) is 19.5. The molecule has 0 spiro atoms. The lowest BCUT2D eigenvalue weighted by Crippen LogP contribution is -2.32. The topological polar surface area (TPSA) is 69.7 Å². The highest BCUT2D eigenvalue weighted by atomic mass is 35.5. The summed E-state index contributed by atoms with van der Waals surface area (Å²) in [5.41, 5.74) is 3.70. The number of fused-ring (bicyclic) bond motifs is 1. The highest BCUT2D eigenvalue weighted by molar-refractivity contribution is 6.30. The molecule has 2 aliphatic rings. The molecular weight excluding hydrogens is 390 g/mol. The second-order valence-electron chi connectivity index (χ2n) is 7.48. The van der Waals surface area contributed by atoms with Crippen LogP contribution in [0.2, 0.25) is 5.02 Å². The lowest BCUT2D eigenvalue weighted by molar-refractivity contribution is -0.126. The van der Waals surface area contributed by atoms with E-state index in [9.17, 15) is 14.4 Å². The van der Waals surface area contributed by atoms with Gasteiger partial charge in [-0.15, -0.1) is 0 Å². The third-order valence-corrected chi connectivity index (χ3v) is 5.78. The molecule has 2 aromatic carbocycles. The normalized spacial score (nSPS) is 18.1. The highest BCUT2D eigenvalue weighted by Crippen LogP contribution is 2.34. The molecule has 150 valence electrons. The summed E-state index contributed by atoms with van der Waals surface area (Å²) in [5.74, 6) is -0.541. The SMILES string of the molecule is CC(=O)N1CCc2cc(N3CC(C(=O)NCc4ccc(Cl)cc4)CC3=O)ccc21. The zero-order valence-electron chi connectivity index (χ0n) is 16.2. The van der Waals surface area contributed by atoms with E-state index in [2.05, 4.69) is 5.32 Å². The summed E-state index contributed by atoms with van der Waals surface area (Å²) in [6, 6.07) is 13.0. The predicted octanol–water partition coefficient (Wildman–Crippen LogP) is 2.92. The van der Waals surface area contributed by atoms with E-state index in [4.69, 9.17) is 11.6 Å². The standard InChI is InChI=1S/C22H22ClN3O3/c1-14(27)25-9-8-16-10-19(6-7-20(16)25)26-13-17(11-21(26)28)22(29)24-12-15-2-4-18(23)5-3-15/h2-7,10,17H,8-9,11-13H2,1H3,(H,24,29). The highest BCUT2D eigenvalue weighted by Gasteiger charge is 2.35. The summed E-state index contributed by atoms with van der Waals surface area (Å²) in [7, 11) is 0. The van der Waals surface area contributed by atoms with Gasteiger partial charge in [0.1, 0.15) is 0 Å². The Balaban J connectivity index is 1.41. The molecule has 6 nitrogen and oxygen atoms in total. The number of hydrogen-bond donors (Lipinski definition) is 1. The van der Waals surface area contributed by atoms with Crippen molar-refractivity contribution in [3.8, 4) is 0 Å². The summed E-state index contributed by atoms with van der Waals surface area (Å²) in [5, 5.41) is 3.56. The van der Waals surface area contributed by atoms with Crippen LogP contribution in [0.3, 0.4) is 0 Å². The fourth-order valence-corrected chi connectivity index (χ4v) is 4.08. The van der Waals surface area contributed by atoms with Gasteiger partial charge in [0.25, 0.3) is 0 Å². The van der Waals surface area contributed by atoms with Gasteiger partial charge in [-0.3, -0.25) is 14.4 Å². The largest absolute Gasteiger partial charge is 0.352 e. The summed E-state index contributed by atoms with van der Waals surface area (Å²) in [6.07, 6.45) is 0.971. The van der Waals surface area contributed by atoms with Crippen molar-refractivity contribution >= 4 is 40.7 Å². The molecule has 2 aliphatic heterocycles. The molecule has 3 amide bonds. The second-order valence-corrected chi connectivity index (χ2v) is 7.92. The van der Waals surface area contributed by atoms with Gasteiger partial charge < -0.3 is 15.1 Å². The van der Waals surface area contributed by atoms with Gasteiger partial charge in [0.2, 0.25) is 17.7 Å². The second kappa shape index (κ2) is 7.87. The first-order chi connectivity index (χ1) is 13.9. The Morgan fingerprint density at radius 1 is 1.17 bits per heavy atom. The van der Waals surface area contributed by atoms with E-state index in [1.54, 1.807) is 28.9 Å². The monoisotopic (exact) mass is 411 g/mol. The van der Waals surface area contributed by atoms with Crippen molar-refractivity contribution in [2.75, 3.05) is 22.9 Å². The smallest absolute Gasteiger partial charge is 0.227 e. The fourth-order valence-electron chi connectivity index (χ4n) is 3.95. The van der Waals surface area contributed by atoms with E-state index in [0.29, 0.717) is 24.7 Å². The predicted molar refractivity (Wildman–Crippen MR) is 112 cm³/mol. The van der Waals surface area contributed by atoms with Crippen molar-refractivity contribution in [3.63, 3.8) is 0 Å². The molecule has 0 bridgehead atoms. The number of rotatable bonds is 4. The average molecular weight is 412 g/mol. The third kappa shape index (κ3) is 3.98. The Morgan fingerprint density at radius 2 is 1.93 bits per heavy atom. The fraction of sp³-hybridized carbons (Fsp3) is 0.318. The molecule has 0 saturated carbocycles. The molecule has 1 fully saturated rings. The number of anilines is 2. The average Bonchev–Trinajstić information content (AvgIpc) is 3.30. The molecule has 4 rings (SSSR count). The minimum Gasteiger partial charge on any atom is -0.352 e. The van der Waals surface area contributed by atoms with E-state index >= 15 is 0 Å². The van der Waals surface area contributed by atoms with Gasteiger partial charge in [0, 0.05) is 49.4 Å². The van der Waals surface area contributed by atoms with Crippen molar-refractivity contribution in [1.29, 1.82) is 0 Å². The van der Waals surface area contributed by atoms with Gasteiger partial charge in [-0.25, -0.2) is 0 Å². The summed E-state index contributed by atoms with van der Waals surface area (Å²) >= 11 is 5.88. The summed E-state index contributed by atoms with van der Waals surface area (Å²) in [4.78, 5) is 40.2. The lowest BCUT2D eigenvalue weighted by atomic mass is 10.1. The minimum absolute atomic E-state index is 0.0196. The number of nitrogens with one attached hydrogen (secondary N) is 1. The summed E-state index contributed by atoms with van der Waals surface area (Å²) in [6.45, 7) is 2.99. The molecule has 2 aromatic rings. The summed E-state index contributed by atoms with van der Waals surface area (Å²) < 4.78 is 0. The number of benzene rings is 2. The number of hydrogen-bond acceptors (Lipinski definition) is 3. The van der Waals surface area contributed by atoms with Crippen LogP contribution in [0, 0.1) is 5.92 Å². The van der Waals surface area contributed by atoms with E-state index in [0.717, 1.165) is 28.9 Å². The first-order valence-corrected chi connectivity index (χ1v) is 10.0. The van der Waals surface area contributed by atoms with Crippen LogP contribution in [0.5, 0.6) is 0 Å². The van der Waals surface area contributed by atoms with Gasteiger partial charge in [0.05, 0.1) is 5.92 Å². The molecular formula is C22H22ClN3O3. The Kier molecular flexibility index (Phi) is 5.28. The molecule has 2 heterocycles. The molecule has 1 unspecified atom stereocenters. The van der Waals surface area contributed by atoms with Crippen LogP contribution < -0.4 is 15.1 Å². The van der Waals surface area contributed by atoms with E-state index in [-0.39, 0.29) is 30.1 Å². The van der Waals surface area contributed by atoms with E-state index in [1.165, 1.54) is 0 Å². The van der Waals surface area contributed by atoms with E-state index < -0.39 is 0 Å². The zero-order valence-corrected chi connectivity index (χ0v) is 16.9. The third-order valence-electron chi connectivity index (χ3n) is 5.53. The molecule has 7 heteroatoms. The number of carbonyl (C=O) groups excluding carboxylic acids is 3. The van der Waals surface area contributed by atoms with Crippen molar-refractivity contribution in [2.45, 2.75) is 26.3 Å². The van der Waals surface area contributed by atoms with Gasteiger partial charge in [-0.2, -0.15) is 0 Å². The molecule has 0 aliphatic carbocycles. The maximum absolute atomic E-state index is 12.6. The maximum Gasteiger partial charge on any atom is 0.227 e. The first-order valence-electron chi connectivity index (χ1n) is 9.66. The quantitative estimate of drug-likeness (QED) is 0.841. The number of amides is 3. The van der Waals surface area contributed by atoms with Crippen LogP contribution in [0.4, 0.5) is 11.4 Å². The van der Waals surface area contributed by atoms with Crippen LogP contribution in [-0.2, 0) is 27.3 Å². The van der Waals surface area contributed by atoms with Crippen LogP contribution in [-0.4, -0.2) is 30.8 Å². The maximum atomic E-state index is 12.6. The molecule has 0 aromatic heterocycles. The molecule has 1 atom stereocenters. The lowest BCUT2D eigenvalue weighted by Gasteiger charge is -2.19. The van der Waals surface area contributed by atoms with Crippen molar-refractivity contribution < 1.29 is 14.4 Å². The van der Waals surface area contributed by atoms with Crippen LogP contribution in [0.25, 0.3) is 0 Å². The Labute approximate surface area is 174 Å². The van der Waals surface area contributed by atoms with Gasteiger partial charge >= 0.3 is 0 Å². The zero-order chi connectivity index (χ0) is 20.5. The molecule has 0 radical (unpaired) electrons. The van der Waals surface area contributed by atoms with Gasteiger partial charge in [-0.05, 0) is 47.9 Å². The Morgan fingerprint density at radius 3 is 2.66 bits per heavy atom. The molecule has 1 saturated heterocycles. The number of halogens is 1. The molecule has 1 N–H and O–H groups in total. The van der Waals surface area contributed by atoms with Crippen molar-refractivity contribution in [3.05, 3.63) is 58.6 Å². The van der Waals surface area contributed by atoms with Crippen LogP contribution in [0.1, 0.15) is 24.5 Å². The minimum atomic E-state index is -0.378. The van der Waals surface area contributed by atoms with Crippen molar-refractivity contribution in [1.82, 2.24) is 5.32 Å². The van der Waals surface area contributed by atoms with Crippen LogP contribution >= 0.6 is 11.6 Å². The van der Waals surface area contributed by atoms with E-state index in [1.807, 2.05) is 30.3 Å². The van der Waals surface area contributed by atoms with Crippen LogP contribution in [0.15, 0.2) is 42.5 Å². The number of nitrogens with zero attached hydrogens (tertiary/aromatic N) is 2.